The van der Waals surface area contributed by atoms with E-state index >= 15 is 0 Å². The minimum absolute atomic E-state index is 0.0199. The van der Waals surface area contributed by atoms with E-state index in [1.807, 2.05) is 4.90 Å². The van der Waals surface area contributed by atoms with E-state index in [0.717, 1.165) is 36.3 Å². The lowest BCUT2D eigenvalue weighted by molar-refractivity contribution is 0.102. The summed E-state index contributed by atoms with van der Waals surface area (Å²) in [6.07, 6.45) is 3.51. The molecule has 1 aliphatic heterocycles. The number of pyridine rings is 1. The number of thiazole rings is 1. The number of carboxylic acid groups (broad SMARTS) is 1. The minimum atomic E-state index is -1.08. The second-order valence-corrected chi connectivity index (χ2v) is 8.07. The van der Waals surface area contributed by atoms with Crippen molar-refractivity contribution in [1.29, 1.82) is 0 Å². The molecule has 0 unspecified atom stereocenters. The van der Waals surface area contributed by atoms with Crippen LogP contribution >= 0.6 is 11.3 Å². The number of rotatable bonds is 5. The summed E-state index contributed by atoms with van der Waals surface area (Å²) < 4.78 is 28.1. The van der Waals surface area contributed by atoms with Crippen molar-refractivity contribution in [3.8, 4) is 10.6 Å². The number of hydrogen-bond acceptors (Lipinski definition) is 6. The van der Waals surface area contributed by atoms with E-state index in [2.05, 4.69) is 20.6 Å². The van der Waals surface area contributed by atoms with Crippen LogP contribution in [0.25, 0.3) is 10.6 Å². The number of carbonyl (C=O) groups excluding carboxylic acids is 1. The largest absolute Gasteiger partial charge is 0.465 e. The van der Waals surface area contributed by atoms with E-state index in [0.29, 0.717) is 24.5 Å². The molecule has 2 aromatic heterocycles. The van der Waals surface area contributed by atoms with Gasteiger partial charge in [-0.15, -0.1) is 11.3 Å². The quantitative estimate of drug-likeness (QED) is 0.533. The SMILES string of the molecule is O=C(O)N[C@H]1CCCN(c2ccncc2NC(=O)c2csc(-c3c(F)cccc3F)n2)C1. The Morgan fingerprint density at radius 3 is 2.75 bits per heavy atom. The molecule has 8 nitrogen and oxygen atoms in total. The first-order valence-corrected chi connectivity index (χ1v) is 10.7. The van der Waals surface area contributed by atoms with E-state index in [4.69, 9.17) is 5.11 Å². The molecule has 166 valence electrons. The van der Waals surface area contributed by atoms with Crippen molar-refractivity contribution in [2.45, 2.75) is 18.9 Å². The van der Waals surface area contributed by atoms with Crippen LogP contribution < -0.4 is 15.5 Å². The van der Waals surface area contributed by atoms with Gasteiger partial charge in [0.15, 0.2) is 0 Å². The number of benzene rings is 1. The van der Waals surface area contributed by atoms with Gasteiger partial charge in [-0.3, -0.25) is 9.78 Å². The first kappa shape index (κ1) is 21.6. The molecule has 1 fully saturated rings. The van der Waals surface area contributed by atoms with Gasteiger partial charge in [-0.25, -0.2) is 18.6 Å². The van der Waals surface area contributed by atoms with Crippen LogP contribution in [0.3, 0.4) is 0 Å². The Morgan fingerprint density at radius 2 is 2.00 bits per heavy atom. The van der Waals surface area contributed by atoms with Gasteiger partial charge in [-0.05, 0) is 31.0 Å². The van der Waals surface area contributed by atoms with Crippen molar-refractivity contribution in [2.75, 3.05) is 23.3 Å². The number of aromatic nitrogens is 2. The van der Waals surface area contributed by atoms with Gasteiger partial charge in [0.05, 0.1) is 23.1 Å². The van der Waals surface area contributed by atoms with Gasteiger partial charge in [-0.1, -0.05) is 6.07 Å². The third-order valence-corrected chi connectivity index (χ3v) is 5.91. The summed E-state index contributed by atoms with van der Waals surface area (Å²) in [4.78, 5) is 33.9. The molecule has 0 aliphatic carbocycles. The van der Waals surface area contributed by atoms with Crippen LogP contribution in [0, 0.1) is 11.6 Å². The fourth-order valence-electron chi connectivity index (χ4n) is 3.63. The highest BCUT2D eigenvalue weighted by Gasteiger charge is 2.24. The van der Waals surface area contributed by atoms with Crippen LogP contribution in [0.5, 0.6) is 0 Å². The number of nitrogens with one attached hydrogen (secondary N) is 2. The highest BCUT2D eigenvalue weighted by Crippen LogP contribution is 2.31. The molecule has 3 N–H and O–H groups in total. The Balaban J connectivity index is 1.53. The van der Waals surface area contributed by atoms with Gasteiger partial charge < -0.3 is 20.6 Å². The number of carbonyl (C=O) groups is 2. The fraction of sp³-hybridized carbons (Fsp3) is 0.238. The molecule has 1 aromatic carbocycles. The first-order chi connectivity index (χ1) is 15.4. The molecular weight excluding hydrogens is 440 g/mol. The van der Waals surface area contributed by atoms with Gasteiger partial charge >= 0.3 is 6.09 Å². The third-order valence-electron chi connectivity index (χ3n) is 5.05. The maximum absolute atomic E-state index is 14.0. The lowest BCUT2D eigenvalue weighted by Gasteiger charge is -2.35. The third kappa shape index (κ3) is 4.67. The molecule has 0 radical (unpaired) electrons. The van der Waals surface area contributed by atoms with Crippen molar-refractivity contribution >= 4 is 34.7 Å². The summed E-state index contributed by atoms with van der Waals surface area (Å²) in [6.45, 7) is 1.14. The summed E-state index contributed by atoms with van der Waals surface area (Å²) in [6, 6.07) is 5.03. The standard InChI is InChI=1S/C21H19F2N5O3S/c22-13-4-1-5-14(23)18(13)20-27-16(11-32-20)19(29)26-15-9-24-7-6-17(15)28-8-2-3-12(10-28)25-21(30)31/h1,4-7,9,11-12,25H,2-3,8,10H2,(H,26,29)(H,30,31)/t12-/m0/s1. The summed E-state index contributed by atoms with van der Waals surface area (Å²) in [7, 11) is 0. The van der Waals surface area contributed by atoms with Gasteiger partial charge in [0, 0.05) is 30.7 Å². The lowest BCUT2D eigenvalue weighted by atomic mass is 10.0. The summed E-state index contributed by atoms with van der Waals surface area (Å²) in [5, 5.41) is 15.7. The van der Waals surface area contributed by atoms with E-state index in [-0.39, 0.29) is 22.3 Å². The molecule has 0 spiro atoms. The van der Waals surface area contributed by atoms with Crippen molar-refractivity contribution in [1.82, 2.24) is 15.3 Å². The number of halogens is 2. The van der Waals surface area contributed by atoms with Crippen LogP contribution in [-0.2, 0) is 0 Å². The topological polar surface area (TPSA) is 107 Å². The van der Waals surface area contributed by atoms with Gasteiger partial charge in [0.1, 0.15) is 22.3 Å². The smallest absolute Gasteiger partial charge is 0.404 e. The number of nitrogens with zero attached hydrogens (tertiary/aromatic N) is 3. The predicted molar refractivity (Wildman–Crippen MR) is 116 cm³/mol. The molecular formula is C21H19F2N5O3S. The Hall–Kier alpha value is -3.60. The van der Waals surface area contributed by atoms with Crippen LogP contribution in [0.15, 0.2) is 42.0 Å². The van der Waals surface area contributed by atoms with Crippen LogP contribution in [-0.4, -0.2) is 46.2 Å². The highest BCUT2D eigenvalue weighted by atomic mass is 32.1. The van der Waals surface area contributed by atoms with Gasteiger partial charge in [0.25, 0.3) is 5.91 Å². The second kappa shape index (κ2) is 9.27. The summed E-state index contributed by atoms with van der Waals surface area (Å²) in [5.41, 5.74) is 0.872. The molecule has 4 rings (SSSR count). The molecule has 1 aliphatic rings. The monoisotopic (exact) mass is 459 g/mol. The number of piperidine rings is 1. The molecule has 0 bridgehead atoms. The van der Waals surface area contributed by atoms with Crippen LogP contribution in [0.1, 0.15) is 23.3 Å². The second-order valence-electron chi connectivity index (χ2n) is 7.22. The Bertz CT molecular complexity index is 1140. The average Bonchev–Trinajstić information content (AvgIpc) is 3.24. The molecule has 3 aromatic rings. The zero-order valence-electron chi connectivity index (χ0n) is 16.7. The molecule has 1 saturated heterocycles. The zero-order chi connectivity index (χ0) is 22.7. The number of amides is 2. The summed E-state index contributed by atoms with van der Waals surface area (Å²) in [5.74, 6) is -2.05. The van der Waals surface area contributed by atoms with E-state index in [1.165, 1.54) is 17.6 Å². The van der Waals surface area contributed by atoms with Crippen molar-refractivity contribution in [2.24, 2.45) is 0 Å². The van der Waals surface area contributed by atoms with Crippen molar-refractivity contribution in [3.05, 3.63) is 59.4 Å². The molecule has 32 heavy (non-hydrogen) atoms. The molecule has 11 heteroatoms. The first-order valence-electron chi connectivity index (χ1n) is 9.82. The van der Waals surface area contributed by atoms with Crippen LogP contribution in [0.2, 0.25) is 0 Å². The summed E-state index contributed by atoms with van der Waals surface area (Å²) >= 11 is 0.966. The lowest BCUT2D eigenvalue weighted by Crippen LogP contribution is -2.47. The highest BCUT2D eigenvalue weighted by molar-refractivity contribution is 7.13. The van der Waals surface area contributed by atoms with E-state index in [1.54, 1.807) is 12.3 Å². The molecule has 2 amide bonds. The Kier molecular flexibility index (Phi) is 6.26. The van der Waals surface area contributed by atoms with Gasteiger partial charge in [0.2, 0.25) is 0 Å². The maximum Gasteiger partial charge on any atom is 0.404 e. The van der Waals surface area contributed by atoms with Crippen molar-refractivity contribution < 1.29 is 23.5 Å². The molecule has 3 heterocycles. The van der Waals surface area contributed by atoms with Gasteiger partial charge in [-0.2, -0.15) is 0 Å². The predicted octanol–water partition coefficient (Wildman–Crippen LogP) is 3.97. The van der Waals surface area contributed by atoms with Crippen molar-refractivity contribution in [3.63, 3.8) is 0 Å². The fourth-order valence-corrected chi connectivity index (χ4v) is 4.48. The Morgan fingerprint density at radius 1 is 1.22 bits per heavy atom. The average molecular weight is 459 g/mol. The normalized spacial score (nSPS) is 15.9. The van der Waals surface area contributed by atoms with E-state index in [9.17, 15) is 18.4 Å². The maximum atomic E-state index is 14.0. The van der Waals surface area contributed by atoms with E-state index < -0.39 is 23.6 Å². The molecule has 1 atom stereocenters. The number of hydrogen-bond donors (Lipinski definition) is 3. The van der Waals surface area contributed by atoms with Crippen LogP contribution in [0.4, 0.5) is 25.0 Å². The zero-order valence-corrected chi connectivity index (χ0v) is 17.5. The molecule has 0 saturated carbocycles. The number of anilines is 2. The Labute approximate surface area is 185 Å². The minimum Gasteiger partial charge on any atom is -0.465 e.